The normalized spacial score (nSPS) is 12.1. The molecule has 0 unspecified atom stereocenters. The topological polar surface area (TPSA) is 72.8 Å². The second-order valence-corrected chi connectivity index (χ2v) is 17.6. The monoisotopic (exact) mass is 805 g/mol. The first-order valence-electron chi connectivity index (χ1n) is 25.7. The van der Waals surface area contributed by atoms with Crippen LogP contribution in [0, 0.1) is 0 Å². The minimum atomic E-state index is -0.766. The van der Waals surface area contributed by atoms with Gasteiger partial charge in [0.05, 0.1) is 6.61 Å². The number of hydrogen-bond donors (Lipinski definition) is 1. The predicted molar refractivity (Wildman–Crippen MR) is 247 cm³/mol. The summed E-state index contributed by atoms with van der Waals surface area (Å²) in [6.07, 6.45) is 58.8. The van der Waals surface area contributed by atoms with Crippen LogP contribution in [0.2, 0.25) is 0 Å². The third kappa shape index (κ3) is 47.2. The van der Waals surface area contributed by atoms with Crippen molar-refractivity contribution in [3.8, 4) is 0 Å². The quantitative estimate of drug-likeness (QED) is 0.0377. The number of carbonyl (C=O) groups excluding carboxylic acids is 2. The molecule has 0 aliphatic heterocycles. The van der Waals surface area contributed by atoms with Crippen LogP contribution in [0.15, 0.2) is 12.2 Å². The molecule has 0 amide bonds. The zero-order valence-corrected chi connectivity index (χ0v) is 38.6. The summed E-state index contributed by atoms with van der Waals surface area (Å²) in [4.78, 5) is 24.4. The Labute approximate surface area is 356 Å². The maximum Gasteiger partial charge on any atom is 0.306 e. The van der Waals surface area contributed by atoms with Crippen molar-refractivity contribution < 1.29 is 24.2 Å². The SMILES string of the molecule is CCCCCCCC/C=C/CCCCCCCCCCCCCC(=O)O[C@@H](CO)COC(=O)CCCCCCCCCCCCCCCCCCCCCCCC. The van der Waals surface area contributed by atoms with E-state index in [2.05, 4.69) is 26.0 Å². The third-order valence-electron chi connectivity index (χ3n) is 11.8. The van der Waals surface area contributed by atoms with E-state index in [0.717, 1.165) is 32.1 Å². The van der Waals surface area contributed by atoms with Crippen LogP contribution in [0.3, 0.4) is 0 Å². The minimum Gasteiger partial charge on any atom is -0.462 e. The Kier molecular flexibility index (Phi) is 47.8. The molecular weight excluding hydrogens is 705 g/mol. The Morgan fingerprint density at radius 1 is 0.386 bits per heavy atom. The van der Waals surface area contributed by atoms with Gasteiger partial charge in [-0.05, 0) is 38.5 Å². The number of unbranched alkanes of at least 4 members (excludes halogenated alkanes) is 38. The number of aliphatic hydroxyl groups excluding tert-OH is 1. The maximum atomic E-state index is 12.3. The van der Waals surface area contributed by atoms with E-state index in [1.807, 2.05) is 0 Å². The first-order chi connectivity index (χ1) is 28.1. The second-order valence-electron chi connectivity index (χ2n) is 17.6. The lowest BCUT2D eigenvalue weighted by atomic mass is 10.0. The van der Waals surface area contributed by atoms with Crippen LogP contribution in [0.25, 0.3) is 0 Å². The van der Waals surface area contributed by atoms with Crippen molar-refractivity contribution in [2.75, 3.05) is 13.2 Å². The van der Waals surface area contributed by atoms with Gasteiger partial charge in [0.1, 0.15) is 6.61 Å². The first kappa shape index (κ1) is 55.6. The molecule has 5 heteroatoms. The highest BCUT2D eigenvalue weighted by atomic mass is 16.6. The van der Waals surface area contributed by atoms with Crippen molar-refractivity contribution in [1.82, 2.24) is 0 Å². The van der Waals surface area contributed by atoms with Crippen LogP contribution >= 0.6 is 0 Å². The van der Waals surface area contributed by atoms with Gasteiger partial charge < -0.3 is 14.6 Å². The van der Waals surface area contributed by atoms with Gasteiger partial charge in [0, 0.05) is 12.8 Å². The van der Waals surface area contributed by atoms with Crippen molar-refractivity contribution in [3.63, 3.8) is 0 Å². The van der Waals surface area contributed by atoms with E-state index < -0.39 is 6.10 Å². The van der Waals surface area contributed by atoms with Gasteiger partial charge in [-0.25, -0.2) is 0 Å². The highest BCUT2D eigenvalue weighted by Gasteiger charge is 2.16. The molecule has 5 nitrogen and oxygen atoms in total. The van der Waals surface area contributed by atoms with Gasteiger partial charge >= 0.3 is 11.9 Å². The lowest BCUT2D eigenvalue weighted by Gasteiger charge is -2.15. The van der Waals surface area contributed by atoms with Gasteiger partial charge in [-0.1, -0.05) is 251 Å². The molecule has 0 heterocycles. The molecule has 1 N–H and O–H groups in total. The van der Waals surface area contributed by atoms with Gasteiger partial charge in [-0.3, -0.25) is 9.59 Å². The summed E-state index contributed by atoms with van der Waals surface area (Å²) in [6, 6.07) is 0. The molecule has 338 valence electrons. The molecule has 0 aromatic carbocycles. The number of carbonyl (C=O) groups is 2. The number of allylic oxidation sites excluding steroid dienone is 2. The lowest BCUT2D eigenvalue weighted by Crippen LogP contribution is -2.28. The molecule has 0 fully saturated rings. The summed E-state index contributed by atoms with van der Waals surface area (Å²) in [5.74, 6) is -0.572. The number of aliphatic hydroxyl groups is 1. The Morgan fingerprint density at radius 3 is 0.947 bits per heavy atom. The van der Waals surface area contributed by atoms with Gasteiger partial charge in [-0.2, -0.15) is 0 Å². The average Bonchev–Trinajstić information content (AvgIpc) is 3.21. The fourth-order valence-electron chi connectivity index (χ4n) is 7.91. The Hall–Kier alpha value is -1.36. The van der Waals surface area contributed by atoms with Crippen molar-refractivity contribution in [3.05, 3.63) is 12.2 Å². The van der Waals surface area contributed by atoms with E-state index in [4.69, 9.17) is 9.47 Å². The van der Waals surface area contributed by atoms with Crippen molar-refractivity contribution in [2.45, 2.75) is 296 Å². The summed E-state index contributed by atoms with van der Waals surface area (Å²) >= 11 is 0. The van der Waals surface area contributed by atoms with Crippen LogP contribution in [0.5, 0.6) is 0 Å². The van der Waals surface area contributed by atoms with Crippen LogP contribution in [0.1, 0.15) is 290 Å². The van der Waals surface area contributed by atoms with Gasteiger partial charge in [0.25, 0.3) is 0 Å². The summed E-state index contributed by atoms with van der Waals surface area (Å²) in [5.41, 5.74) is 0. The molecule has 0 aromatic heterocycles. The van der Waals surface area contributed by atoms with E-state index in [9.17, 15) is 14.7 Å². The molecule has 0 aromatic rings. The fraction of sp³-hybridized carbons (Fsp3) is 0.923. The lowest BCUT2D eigenvalue weighted by molar-refractivity contribution is -0.161. The molecular formula is C52H100O5. The highest BCUT2D eigenvalue weighted by Crippen LogP contribution is 2.17. The molecule has 0 bridgehead atoms. The molecule has 0 rings (SSSR count). The standard InChI is InChI=1S/C52H100O5/c1-3-5-7-9-11-13-15-17-19-21-23-25-27-28-30-32-34-36-38-40-42-44-46-51(54)56-49-50(48-53)57-52(55)47-45-43-41-39-37-35-33-31-29-26-24-22-20-18-16-14-12-10-8-6-4-2/h18,20,50,53H,3-17,19,21-49H2,1-2H3/b20-18+/t50-/m0/s1. The average molecular weight is 805 g/mol. The highest BCUT2D eigenvalue weighted by molar-refractivity contribution is 5.70. The van der Waals surface area contributed by atoms with E-state index in [1.54, 1.807) is 0 Å². The summed E-state index contributed by atoms with van der Waals surface area (Å²) < 4.78 is 10.7. The van der Waals surface area contributed by atoms with Crippen molar-refractivity contribution >= 4 is 11.9 Å². The molecule has 57 heavy (non-hydrogen) atoms. The molecule has 0 radical (unpaired) electrons. The molecule has 0 aliphatic carbocycles. The second kappa shape index (κ2) is 49.0. The molecule has 0 spiro atoms. The van der Waals surface area contributed by atoms with Gasteiger partial charge in [-0.15, -0.1) is 0 Å². The first-order valence-corrected chi connectivity index (χ1v) is 25.7. The maximum absolute atomic E-state index is 12.3. The Morgan fingerprint density at radius 2 is 0.649 bits per heavy atom. The summed E-state index contributed by atoms with van der Waals surface area (Å²) in [7, 11) is 0. The summed E-state index contributed by atoms with van der Waals surface area (Å²) in [6.45, 7) is 4.18. The van der Waals surface area contributed by atoms with Crippen molar-refractivity contribution in [1.29, 1.82) is 0 Å². The largest absolute Gasteiger partial charge is 0.462 e. The third-order valence-corrected chi connectivity index (χ3v) is 11.8. The van der Waals surface area contributed by atoms with Crippen LogP contribution < -0.4 is 0 Å². The van der Waals surface area contributed by atoms with Gasteiger partial charge in [0.2, 0.25) is 0 Å². The van der Waals surface area contributed by atoms with Crippen LogP contribution in [-0.4, -0.2) is 36.4 Å². The fourth-order valence-corrected chi connectivity index (χ4v) is 7.91. The molecule has 1 atom stereocenters. The van der Waals surface area contributed by atoms with Crippen LogP contribution in [-0.2, 0) is 19.1 Å². The number of ether oxygens (including phenoxy) is 2. The summed E-state index contributed by atoms with van der Waals surface area (Å²) in [5, 5.41) is 9.62. The molecule has 0 aliphatic rings. The number of rotatable bonds is 48. The van der Waals surface area contributed by atoms with E-state index in [0.29, 0.717) is 12.8 Å². The van der Waals surface area contributed by atoms with Gasteiger partial charge in [0.15, 0.2) is 6.10 Å². The van der Waals surface area contributed by atoms with Crippen LogP contribution in [0.4, 0.5) is 0 Å². The Bertz CT molecular complexity index is 825. The van der Waals surface area contributed by atoms with E-state index >= 15 is 0 Å². The molecule has 0 saturated heterocycles. The minimum absolute atomic E-state index is 0.0588. The smallest absolute Gasteiger partial charge is 0.306 e. The van der Waals surface area contributed by atoms with E-state index in [1.165, 1.54) is 231 Å². The number of hydrogen-bond acceptors (Lipinski definition) is 5. The zero-order valence-electron chi connectivity index (χ0n) is 38.6. The Balaban J connectivity index is 3.44. The molecule has 0 saturated carbocycles. The van der Waals surface area contributed by atoms with Crippen molar-refractivity contribution in [2.24, 2.45) is 0 Å². The zero-order chi connectivity index (χ0) is 41.4. The van der Waals surface area contributed by atoms with E-state index in [-0.39, 0.29) is 25.2 Å². The number of esters is 2. The predicted octanol–water partition coefficient (Wildman–Crippen LogP) is 16.8.